The Morgan fingerprint density at radius 2 is 1.79 bits per heavy atom. The summed E-state index contributed by atoms with van der Waals surface area (Å²) in [5.74, 6) is -2.55. The van der Waals surface area contributed by atoms with Gasteiger partial charge in [-0.05, 0) is 17.7 Å². The van der Waals surface area contributed by atoms with E-state index in [0.717, 1.165) is 0 Å². The molecule has 0 bridgehead atoms. The van der Waals surface area contributed by atoms with Gasteiger partial charge >= 0.3 is 11.9 Å². The summed E-state index contributed by atoms with van der Waals surface area (Å²) in [5, 5.41) is 10.7. The molecule has 0 saturated heterocycles. The monoisotopic (exact) mass is 441 g/mol. The summed E-state index contributed by atoms with van der Waals surface area (Å²) in [4.78, 5) is 35.8. The van der Waals surface area contributed by atoms with Gasteiger partial charge < -0.3 is 15.2 Å². The van der Waals surface area contributed by atoms with E-state index in [0.29, 0.717) is 22.2 Å². The highest BCUT2D eigenvalue weighted by molar-refractivity contribution is 6.08. The van der Waals surface area contributed by atoms with Crippen LogP contribution in [-0.2, 0) is 19.1 Å². The molecule has 0 aliphatic carbocycles. The van der Waals surface area contributed by atoms with Crippen LogP contribution >= 0.6 is 0 Å². The zero-order chi connectivity index (χ0) is 23.5. The average Bonchev–Trinajstić information content (AvgIpc) is 2.87. The van der Waals surface area contributed by atoms with Gasteiger partial charge in [-0.25, -0.2) is 19.6 Å². The van der Waals surface area contributed by atoms with Crippen LogP contribution in [0.4, 0.5) is 5.69 Å². The number of anilines is 1. The Bertz CT molecular complexity index is 1350. The molecule has 1 aromatic heterocycles. The van der Waals surface area contributed by atoms with Crippen LogP contribution < -0.4 is 10.6 Å². The number of fused-ring (bicyclic) bond motifs is 1. The van der Waals surface area contributed by atoms with E-state index in [1.54, 1.807) is 54.7 Å². The number of hydrogen-bond acceptors (Lipinski definition) is 9. The summed E-state index contributed by atoms with van der Waals surface area (Å²) in [5.41, 5.74) is 7.99. The molecule has 1 aliphatic rings. The van der Waals surface area contributed by atoms with Crippen LogP contribution in [0.2, 0.25) is 0 Å². The minimum Gasteiger partial charge on any atom is -0.466 e. The SMILES string of the molecule is COC(=O)C1=C(C(=O)OC)N(c2cccc3ncncc23)C(N)=C(C#N)C1c1ccccc1. The molecule has 0 fully saturated rings. The predicted octanol–water partition coefficient (Wildman–Crippen LogP) is 2.53. The smallest absolute Gasteiger partial charge is 0.355 e. The number of rotatable bonds is 4. The lowest BCUT2D eigenvalue weighted by Crippen LogP contribution is -2.40. The quantitative estimate of drug-likeness (QED) is 0.607. The summed E-state index contributed by atoms with van der Waals surface area (Å²) in [6.07, 6.45) is 2.96. The summed E-state index contributed by atoms with van der Waals surface area (Å²) in [6.45, 7) is 0. The van der Waals surface area contributed by atoms with Gasteiger partial charge in [0.05, 0.1) is 48.6 Å². The van der Waals surface area contributed by atoms with Crippen molar-refractivity contribution in [3.63, 3.8) is 0 Å². The fraction of sp³-hybridized carbons (Fsp3) is 0.125. The van der Waals surface area contributed by atoms with E-state index >= 15 is 0 Å². The fourth-order valence-electron chi connectivity index (χ4n) is 3.95. The number of methoxy groups -OCH3 is 2. The van der Waals surface area contributed by atoms with Crippen LogP contribution in [0.5, 0.6) is 0 Å². The van der Waals surface area contributed by atoms with Crippen molar-refractivity contribution in [1.82, 2.24) is 9.97 Å². The van der Waals surface area contributed by atoms with Crippen molar-refractivity contribution in [2.75, 3.05) is 19.1 Å². The van der Waals surface area contributed by atoms with Crippen LogP contribution in [0.25, 0.3) is 10.9 Å². The first-order valence-corrected chi connectivity index (χ1v) is 9.87. The van der Waals surface area contributed by atoms with Gasteiger partial charge in [-0.2, -0.15) is 5.26 Å². The van der Waals surface area contributed by atoms with Gasteiger partial charge in [0.25, 0.3) is 0 Å². The Balaban J connectivity index is 2.12. The first kappa shape index (κ1) is 21.5. The normalized spacial score (nSPS) is 15.9. The van der Waals surface area contributed by atoms with E-state index in [1.165, 1.54) is 25.4 Å². The van der Waals surface area contributed by atoms with Crippen molar-refractivity contribution in [1.29, 1.82) is 5.26 Å². The molecule has 2 N–H and O–H groups in total. The lowest BCUT2D eigenvalue weighted by molar-refractivity contribution is -0.139. The minimum absolute atomic E-state index is 0.0178. The van der Waals surface area contributed by atoms with Crippen LogP contribution in [0.15, 0.2) is 83.7 Å². The zero-order valence-electron chi connectivity index (χ0n) is 17.9. The highest BCUT2D eigenvalue weighted by Gasteiger charge is 2.43. The maximum absolute atomic E-state index is 13.1. The van der Waals surface area contributed by atoms with Crippen molar-refractivity contribution >= 4 is 28.5 Å². The zero-order valence-corrected chi connectivity index (χ0v) is 17.9. The number of carbonyl (C=O) groups excluding carboxylic acids is 2. The lowest BCUT2D eigenvalue weighted by atomic mass is 9.81. The van der Waals surface area contributed by atoms with Gasteiger partial charge in [0.15, 0.2) is 0 Å². The molecule has 0 spiro atoms. The van der Waals surface area contributed by atoms with Crippen LogP contribution in [0, 0.1) is 11.3 Å². The fourth-order valence-corrected chi connectivity index (χ4v) is 3.95. The van der Waals surface area contributed by atoms with Gasteiger partial charge in [-0.15, -0.1) is 0 Å². The molecule has 4 rings (SSSR count). The molecule has 3 aromatic rings. The van der Waals surface area contributed by atoms with Gasteiger partial charge in [-0.1, -0.05) is 36.4 Å². The second-order valence-corrected chi connectivity index (χ2v) is 7.07. The molecule has 33 heavy (non-hydrogen) atoms. The molecule has 1 aliphatic heterocycles. The summed E-state index contributed by atoms with van der Waals surface area (Å²) < 4.78 is 10.1. The van der Waals surface area contributed by atoms with Gasteiger partial charge in [0.1, 0.15) is 17.8 Å². The number of benzene rings is 2. The Morgan fingerprint density at radius 3 is 2.45 bits per heavy atom. The number of aromatic nitrogens is 2. The molecule has 2 heterocycles. The lowest BCUT2D eigenvalue weighted by Gasteiger charge is -2.36. The number of nitrogens with two attached hydrogens (primary N) is 1. The third-order valence-corrected chi connectivity index (χ3v) is 5.38. The number of carbonyl (C=O) groups is 2. The molecule has 0 radical (unpaired) electrons. The van der Waals surface area contributed by atoms with Gasteiger partial charge in [-0.3, -0.25) is 4.90 Å². The van der Waals surface area contributed by atoms with E-state index in [-0.39, 0.29) is 22.7 Å². The van der Waals surface area contributed by atoms with E-state index in [2.05, 4.69) is 16.0 Å². The number of nitrogens with zero attached hydrogens (tertiary/aromatic N) is 4. The van der Waals surface area contributed by atoms with Crippen molar-refractivity contribution in [3.05, 3.63) is 89.3 Å². The topological polar surface area (TPSA) is 131 Å². The van der Waals surface area contributed by atoms with E-state index in [1.807, 2.05) is 0 Å². The third-order valence-electron chi connectivity index (χ3n) is 5.38. The predicted molar refractivity (Wildman–Crippen MR) is 119 cm³/mol. The second-order valence-electron chi connectivity index (χ2n) is 7.07. The average molecular weight is 441 g/mol. The third kappa shape index (κ3) is 3.53. The van der Waals surface area contributed by atoms with Crippen molar-refractivity contribution in [2.45, 2.75) is 5.92 Å². The summed E-state index contributed by atoms with van der Waals surface area (Å²) in [6, 6.07) is 16.1. The number of esters is 2. The Kier molecular flexibility index (Phi) is 5.74. The Morgan fingerprint density at radius 1 is 1.06 bits per heavy atom. The van der Waals surface area contributed by atoms with E-state index in [4.69, 9.17) is 15.2 Å². The molecule has 0 amide bonds. The highest BCUT2D eigenvalue weighted by Crippen LogP contribution is 2.44. The molecule has 1 atom stereocenters. The highest BCUT2D eigenvalue weighted by atomic mass is 16.5. The molecule has 9 heteroatoms. The van der Waals surface area contributed by atoms with Crippen LogP contribution in [-0.4, -0.2) is 36.1 Å². The first-order valence-electron chi connectivity index (χ1n) is 9.87. The van der Waals surface area contributed by atoms with Gasteiger partial charge in [0, 0.05) is 11.6 Å². The molecule has 2 aromatic carbocycles. The minimum atomic E-state index is -0.930. The number of nitriles is 1. The van der Waals surface area contributed by atoms with Crippen LogP contribution in [0.1, 0.15) is 11.5 Å². The molecule has 9 nitrogen and oxygen atoms in total. The maximum atomic E-state index is 13.1. The Hall–Kier alpha value is -4.71. The molecule has 1 unspecified atom stereocenters. The van der Waals surface area contributed by atoms with Crippen molar-refractivity contribution < 1.29 is 19.1 Å². The molecular formula is C24H19N5O4. The maximum Gasteiger partial charge on any atom is 0.355 e. The first-order chi connectivity index (χ1) is 16.0. The second kappa shape index (κ2) is 8.80. The van der Waals surface area contributed by atoms with Crippen molar-refractivity contribution in [2.24, 2.45) is 5.73 Å². The standard InChI is InChI=1S/C24H19N5O4/c1-32-23(30)20-19(14-7-4-3-5-8-14)15(11-25)22(26)29(21(20)24(31)33-2)18-10-6-9-17-16(18)12-27-13-28-17/h3-10,12-13,19H,26H2,1-2H3. The van der Waals surface area contributed by atoms with E-state index < -0.39 is 17.9 Å². The van der Waals surface area contributed by atoms with Gasteiger partial charge in [0.2, 0.25) is 0 Å². The summed E-state index contributed by atoms with van der Waals surface area (Å²) in [7, 11) is 2.40. The number of allylic oxidation sites excluding steroid dienone is 1. The molecule has 164 valence electrons. The largest absolute Gasteiger partial charge is 0.466 e. The van der Waals surface area contributed by atoms with Crippen LogP contribution in [0.3, 0.4) is 0 Å². The number of ether oxygens (including phenoxy) is 2. The molecule has 0 saturated carbocycles. The summed E-state index contributed by atoms with van der Waals surface area (Å²) >= 11 is 0. The van der Waals surface area contributed by atoms with E-state index in [9.17, 15) is 14.9 Å². The Labute approximate surface area is 189 Å². The number of hydrogen-bond donors (Lipinski definition) is 1. The molecular weight excluding hydrogens is 422 g/mol. The van der Waals surface area contributed by atoms with Crippen molar-refractivity contribution in [3.8, 4) is 6.07 Å².